The highest BCUT2D eigenvalue weighted by molar-refractivity contribution is 5.78. The highest BCUT2D eigenvalue weighted by Crippen LogP contribution is 2.23. The Morgan fingerprint density at radius 2 is 2.17 bits per heavy atom. The van der Waals surface area contributed by atoms with Gasteiger partial charge in [-0.15, -0.1) is 0 Å². The third kappa shape index (κ3) is 3.97. The molecule has 23 heavy (non-hydrogen) atoms. The zero-order valence-corrected chi connectivity index (χ0v) is 13.5. The number of para-hydroxylation sites is 1. The Labute approximate surface area is 135 Å². The summed E-state index contributed by atoms with van der Waals surface area (Å²) in [5.41, 5.74) is 0.528. The number of aromatic nitrogens is 2. The summed E-state index contributed by atoms with van der Waals surface area (Å²) in [4.78, 5) is 31.3. The van der Waals surface area contributed by atoms with Crippen LogP contribution in [0.4, 0.5) is 0 Å². The first-order valence-corrected chi connectivity index (χ1v) is 8.39. The number of fused-ring (bicyclic) bond motifs is 1. The molecule has 2 aromatic rings. The number of hydrogen-bond donors (Lipinski definition) is 2. The largest absolute Gasteiger partial charge is 0.353 e. The van der Waals surface area contributed by atoms with Gasteiger partial charge in [-0.25, -0.2) is 4.98 Å². The maximum Gasteiger partial charge on any atom is 0.258 e. The summed E-state index contributed by atoms with van der Waals surface area (Å²) >= 11 is 0. The average molecular weight is 313 g/mol. The van der Waals surface area contributed by atoms with Crippen LogP contribution < -0.4 is 10.9 Å². The van der Waals surface area contributed by atoms with Gasteiger partial charge >= 0.3 is 0 Å². The van der Waals surface area contributed by atoms with Crippen LogP contribution in [0.15, 0.2) is 29.1 Å². The van der Waals surface area contributed by atoms with Crippen molar-refractivity contribution in [2.45, 2.75) is 51.5 Å². The number of aryl methyl sites for hydroxylation is 1. The van der Waals surface area contributed by atoms with Gasteiger partial charge in [0.15, 0.2) is 0 Å². The summed E-state index contributed by atoms with van der Waals surface area (Å²) in [6.45, 7) is 2.24. The minimum atomic E-state index is -0.146. The van der Waals surface area contributed by atoms with Crippen molar-refractivity contribution in [2.75, 3.05) is 0 Å². The molecule has 0 bridgehead atoms. The van der Waals surface area contributed by atoms with E-state index in [9.17, 15) is 9.59 Å². The fourth-order valence-electron chi connectivity index (χ4n) is 3.35. The maximum atomic E-state index is 12.1. The van der Waals surface area contributed by atoms with Gasteiger partial charge in [-0.3, -0.25) is 9.59 Å². The van der Waals surface area contributed by atoms with Crippen LogP contribution in [-0.4, -0.2) is 21.9 Å². The van der Waals surface area contributed by atoms with Crippen molar-refractivity contribution in [1.29, 1.82) is 0 Å². The van der Waals surface area contributed by atoms with Crippen molar-refractivity contribution in [2.24, 2.45) is 5.92 Å². The van der Waals surface area contributed by atoms with Crippen LogP contribution in [0.2, 0.25) is 0 Å². The average Bonchev–Trinajstić information content (AvgIpc) is 2.53. The molecule has 2 unspecified atom stereocenters. The Hall–Kier alpha value is -2.17. The standard InChI is InChI=1S/C18H23N3O2/c1-12-5-4-6-13(11-12)19-17(22)10-9-16-20-15-8-3-2-7-14(15)18(23)21-16/h2-3,7-8,12-13H,4-6,9-11H2,1H3,(H,19,22)(H,20,21,23). The van der Waals surface area contributed by atoms with E-state index in [1.54, 1.807) is 6.07 Å². The number of benzene rings is 1. The number of rotatable bonds is 4. The first-order valence-electron chi connectivity index (χ1n) is 8.39. The minimum Gasteiger partial charge on any atom is -0.353 e. The molecule has 5 heteroatoms. The molecule has 1 aliphatic carbocycles. The highest BCUT2D eigenvalue weighted by atomic mass is 16.1. The molecule has 0 aliphatic heterocycles. The first kappa shape index (κ1) is 15.7. The predicted octanol–water partition coefficient (Wildman–Crippen LogP) is 2.55. The lowest BCUT2D eigenvalue weighted by atomic mass is 9.87. The summed E-state index contributed by atoms with van der Waals surface area (Å²) in [5.74, 6) is 1.30. The van der Waals surface area contributed by atoms with Gasteiger partial charge < -0.3 is 10.3 Å². The van der Waals surface area contributed by atoms with E-state index in [-0.39, 0.29) is 11.5 Å². The van der Waals surface area contributed by atoms with Crippen molar-refractivity contribution in [1.82, 2.24) is 15.3 Å². The molecule has 0 spiro atoms. The molecule has 0 saturated heterocycles. The zero-order chi connectivity index (χ0) is 16.2. The monoisotopic (exact) mass is 313 g/mol. The van der Waals surface area contributed by atoms with Crippen LogP contribution >= 0.6 is 0 Å². The van der Waals surface area contributed by atoms with Gasteiger partial charge in [0.25, 0.3) is 5.56 Å². The SMILES string of the molecule is CC1CCCC(NC(=O)CCc2nc3ccccc3c(=O)[nH]2)C1. The second-order valence-corrected chi connectivity index (χ2v) is 6.57. The number of amides is 1. The van der Waals surface area contributed by atoms with E-state index in [0.29, 0.717) is 41.5 Å². The lowest BCUT2D eigenvalue weighted by molar-refractivity contribution is -0.122. The van der Waals surface area contributed by atoms with Crippen LogP contribution in [-0.2, 0) is 11.2 Å². The number of carbonyl (C=O) groups excluding carboxylic acids is 1. The van der Waals surface area contributed by atoms with E-state index < -0.39 is 0 Å². The fraction of sp³-hybridized carbons (Fsp3) is 0.500. The van der Waals surface area contributed by atoms with E-state index in [2.05, 4.69) is 22.2 Å². The van der Waals surface area contributed by atoms with Gasteiger partial charge in [0.1, 0.15) is 5.82 Å². The zero-order valence-electron chi connectivity index (χ0n) is 13.5. The molecule has 0 radical (unpaired) electrons. The first-order chi connectivity index (χ1) is 11.1. The Balaban J connectivity index is 1.59. The number of hydrogen-bond acceptors (Lipinski definition) is 3. The lowest BCUT2D eigenvalue weighted by Crippen LogP contribution is -2.38. The third-order valence-electron chi connectivity index (χ3n) is 4.55. The Kier molecular flexibility index (Phi) is 4.74. The quantitative estimate of drug-likeness (QED) is 0.911. The number of nitrogens with zero attached hydrogens (tertiary/aromatic N) is 1. The molecule has 1 saturated carbocycles. The second kappa shape index (κ2) is 6.94. The van der Waals surface area contributed by atoms with E-state index >= 15 is 0 Å². The summed E-state index contributed by atoms with van der Waals surface area (Å²) < 4.78 is 0. The summed E-state index contributed by atoms with van der Waals surface area (Å²) in [6.07, 6.45) is 5.39. The van der Waals surface area contributed by atoms with Gasteiger partial charge in [-0.1, -0.05) is 31.9 Å². The Bertz CT molecular complexity index is 753. The normalized spacial score (nSPS) is 21.3. The minimum absolute atomic E-state index is 0.0416. The van der Waals surface area contributed by atoms with Crippen molar-refractivity contribution >= 4 is 16.8 Å². The Morgan fingerprint density at radius 3 is 3.00 bits per heavy atom. The molecule has 1 heterocycles. The lowest BCUT2D eigenvalue weighted by Gasteiger charge is -2.27. The molecule has 1 amide bonds. The van der Waals surface area contributed by atoms with Crippen molar-refractivity contribution in [3.63, 3.8) is 0 Å². The van der Waals surface area contributed by atoms with Gasteiger partial charge in [0.05, 0.1) is 10.9 Å². The van der Waals surface area contributed by atoms with Gasteiger partial charge in [0.2, 0.25) is 5.91 Å². The molecule has 2 atom stereocenters. The number of H-pyrrole nitrogens is 1. The van der Waals surface area contributed by atoms with E-state index in [1.165, 1.54) is 12.8 Å². The van der Waals surface area contributed by atoms with Gasteiger partial charge in [-0.2, -0.15) is 0 Å². The summed E-state index contributed by atoms with van der Waals surface area (Å²) in [6, 6.07) is 7.54. The molecule has 3 rings (SSSR count). The molecule has 5 nitrogen and oxygen atoms in total. The van der Waals surface area contributed by atoms with Crippen LogP contribution in [0.25, 0.3) is 10.9 Å². The molecule has 1 aromatic carbocycles. The molecule has 1 aliphatic rings. The summed E-state index contributed by atoms with van der Waals surface area (Å²) in [7, 11) is 0. The smallest absolute Gasteiger partial charge is 0.258 e. The number of carbonyl (C=O) groups is 1. The second-order valence-electron chi connectivity index (χ2n) is 6.57. The van der Waals surface area contributed by atoms with Crippen LogP contribution in [0.1, 0.15) is 44.9 Å². The van der Waals surface area contributed by atoms with Crippen LogP contribution in [0.5, 0.6) is 0 Å². The molecule has 122 valence electrons. The molecular weight excluding hydrogens is 290 g/mol. The molecule has 1 fully saturated rings. The third-order valence-corrected chi connectivity index (χ3v) is 4.55. The summed E-state index contributed by atoms with van der Waals surface area (Å²) in [5, 5.41) is 3.69. The van der Waals surface area contributed by atoms with E-state index in [1.807, 2.05) is 18.2 Å². The van der Waals surface area contributed by atoms with Gasteiger partial charge in [-0.05, 0) is 30.9 Å². The molecule has 2 N–H and O–H groups in total. The predicted molar refractivity (Wildman–Crippen MR) is 90.2 cm³/mol. The number of nitrogens with one attached hydrogen (secondary N) is 2. The molecule has 1 aromatic heterocycles. The van der Waals surface area contributed by atoms with Crippen molar-refractivity contribution < 1.29 is 4.79 Å². The van der Waals surface area contributed by atoms with E-state index in [4.69, 9.17) is 0 Å². The van der Waals surface area contributed by atoms with Crippen molar-refractivity contribution in [3.8, 4) is 0 Å². The Morgan fingerprint density at radius 1 is 1.35 bits per heavy atom. The number of aromatic amines is 1. The van der Waals surface area contributed by atoms with E-state index in [0.717, 1.165) is 12.8 Å². The highest BCUT2D eigenvalue weighted by Gasteiger charge is 2.20. The maximum absolute atomic E-state index is 12.1. The topological polar surface area (TPSA) is 74.8 Å². The fourth-order valence-corrected chi connectivity index (χ4v) is 3.35. The van der Waals surface area contributed by atoms with Crippen LogP contribution in [0, 0.1) is 5.92 Å². The van der Waals surface area contributed by atoms with Gasteiger partial charge in [0, 0.05) is 18.9 Å². The van der Waals surface area contributed by atoms with Crippen molar-refractivity contribution in [3.05, 3.63) is 40.4 Å². The van der Waals surface area contributed by atoms with Crippen LogP contribution in [0.3, 0.4) is 0 Å². The molecular formula is C18H23N3O2.